The Kier molecular flexibility index (Phi) is 5.04. The molecule has 1 heterocycles. The van der Waals surface area contributed by atoms with Crippen LogP contribution in [0.25, 0.3) is 0 Å². The number of phenolic OH excluding ortho intramolecular Hbond substituents is 1. The van der Waals surface area contributed by atoms with Gasteiger partial charge in [-0.25, -0.2) is 0 Å². The third kappa shape index (κ3) is 3.39. The quantitative estimate of drug-likeness (QED) is 0.633. The van der Waals surface area contributed by atoms with Gasteiger partial charge in [0.1, 0.15) is 5.75 Å². The van der Waals surface area contributed by atoms with Crippen LogP contribution < -0.4 is 5.32 Å². The van der Waals surface area contributed by atoms with Crippen LogP contribution in [0.15, 0.2) is 18.2 Å². The minimum Gasteiger partial charge on any atom is -0.507 e. The Balaban J connectivity index is 2.30. The average Bonchev–Trinajstić information content (AvgIpc) is 2.44. The van der Waals surface area contributed by atoms with Gasteiger partial charge in [-0.15, -0.1) is 0 Å². The topological polar surface area (TPSA) is 58.6 Å². The molecule has 19 heavy (non-hydrogen) atoms. The molecule has 1 aromatic carbocycles. The third-order valence-electron chi connectivity index (χ3n) is 3.54. The Bertz CT molecular complexity index is 458. The predicted octanol–water partition coefficient (Wildman–Crippen LogP) is 2.40. The summed E-state index contributed by atoms with van der Waals surface area (Å²) in [7, 11) is 1.42. The lowest BCUT2D eigenvalue weighted by molar-refractivity contribution is -0.143. The molecule has 0 aromatic heterocycles. The molecule has 1 saturated heterocycles. The molecule has 1 aromatic rings. The van der Waals surface area contributed by atoms with Crippen molar-refractivity contribution in [3.05, 3.63) is 27.3 Å². The number of piperidine rings is 1. The summed E-state index contributed by atoms with van der Waals surface area (Å²) < 4.78 is 5.70. The number of methoxy groups -OCH3 is 1. The first-order chi connectivity index (χ1) is 9.13. The van der Waals surface area contributed by atoms with Crippen molar-refractivity contribution >= 4 is 28.6 Å². The highest BCUT2D eigenvalue weighted by Crippen LogP contribution is 2.30. The van der Waals surface area contributed by atoms with Gasteiger partial charge in [-0.05, 0) is 59.7 Å². The molecule has 1 aliphatic rings. The van der Waals surface area contributed by atoms with E-state index in [4.69, 9.17) is 4.74 Å². The molecule has 0 radical (unpaired) electrons. The number of esters is 1. The van der Waals surface area contributed by atoms with Crippen LogP contribution in [-0.2, 0) is 9.53 Å². The highest BCUT2D eigenvalue weighted by Gasteiger charge is 2.31. The van der Waals surface area contributed by atoms with E-state index >= 15 is 0 Å². The van der Waals surface area contributed by atoms with E-state index < -0.39 is 0 Å². The standard InChI is InChI=1S/C14H18INO3/c1-19-14(18)13(11-4-2-3-7-16-11)9-5-6-12(17)10(15)8-9/h5-6,8,11,13,16-17H,2-4,7H2,1H3/i15-4. The van der Waals surface area contributed by atoms with Gasteiger partial charge in [0.25, 0.3) is 0 Å². The van der Waals surface area contributed by atoms with E-state index in [1.807, 2.05) is 6.07 Å². The zero-order valence-electron chi connectivity index (χ0n) is 10.9. The zero-order chi connectivity index (χ0) is 13.8. The molecule has 2 atom stereocenters. The first-order valence-electron chi connectivity index (χ1n) is 6.43. The van der Waals surface area contributed by atoms with Crippen molar-refractivity contribution in [2.45, 2.75) is 31.2 Å². The minimum absolute atomic E-state index is 0.113. The number of phenols is 1. The van der Waals surface area contributed by atoms with Crippen LogP contribution in [0, 0.1) is 3.57 Å². The molecule has 0 bridgehead atoms. The molecule has 0 spiro atoms. The average molecular weight is 371 g/mol. The van der Waals surface area contributed by atoms with Crippen molar-refractivity contribution in [3.63, 3.8) is 0 Å². The SMILES string of the molecule is COC(=O)C(c1ccc(O)c([123I])c1)C1CCCCN1. The van der Waals surface area contributed by atoms with Crippen molar-refractivity contribution in [1.82, 2.24) is 5.32 Å². The number of ether oxygens (including phenoxy) is 1. The second kappa shape index (κ2) is 6.56. The number of hydrogen-bond acceptors (Lipinski definition) is 4. The first-order valence-corrected chi connectivity index (χ1v) is 7.51. The van der Waals surface area contributed by atoms with E-state index in [1.165, 1.54) is 7.11 Å². The van der Waals surface area contributed by atoms with Crippen LogP contribution in [-0.4, -0.2) is 30.8 Å². The monoisotopic (exact) mass is 371 g/mol. The summed E-state index contributed by atoms with van der Waals surface area (Å²) in [6, 6.07) is 5.40. The summed E-state index contributed by atoms with van der Waals surface area (Å²) in [4.78, 5) is 12.1. The van der Waals surface area contributed by atoms with E-state index in [0.29, 0.717) is 0 Å². The van der Waals surface area contributed by atoms with E-state index in [2.05, 4.69) is 27.9 Å². The van der Waals surface area contributed by atoms with Gasteiger partial charge in [-0.3, -0.25) is 4.79 Å². The van der Waals surface area contributed by atoms with Crippen molar-refractivity contribution in [3.8, 4) is 5.75 Å². The van der Waals surface area contributed by atoms with Crippen LogP contribution in [0.5, 0.6) is 5.75 Å². The molecular formula is C14H18INO3. The molecule has 1 fully saturated rings. The van der Waals surface area contributed by atoms with Gasteiger partial charge >= 0.3 is 5.97 Å². The molecule has 2 unspecified atom stereocenters. The van der Waals surface area contributed by atoms with Crippen LogP contribution in [0.1, 0.15) is 30.7 Å². The molecule has 0 amide bonds. The van der Waals surface area contributed by atoms with E-state index in [0.717, 1.165) is 34.9 Å². The summed E-state index contributed by atoms with van der Waals surface area (Å²) in [5.74, 6) is -0.287. The van der Waals surface area contributed by atoms with Crippen molar-refractivity contribution in [2.24, 2.45) is 0 Å². The molecule has 1 aliphatic heterocycles. The van der Waals surface area contributed by atoms with Crippen LogP contribution in [0.2, 0.25) is 0 Å². The predicted molar refractivity (Wildman–Crippen MR) is 81.2 cm³/mol. The molecule has 0 saturated carbocycles. The maximum Gasteiger partial charge on any atom is 0.314 e. The Morgan fingerprint density at radius 3 is 2.89 bits per heavy atom. The summed E-state index contributed by atoms with van der Waals surface area (Å²) in [5, 5.41) is 13.0. The lowest BCUT2D eigenvalue weighted by Gasteiger charge is -2.30. The Labute approximate surface area is 126 Å². The van der Waals surface area contributed by atoms with Crippen LogP contribution in [0.3, 0.4) is 0 Å². The number of rotatable bonds is 3. The zero-order valence-corrected chi connectivity index (χ0v) is 13.0. The first kappa shape index (κ1) is 14.6. The minimum atomic E-state index is -0.306. The highest BCUT2D eigenvalue weighted by molar-refractivity contribution is 14.1. The fourth-order valence-electron chi connectivity index (χ4n) is 2.54. The Morgan fingerprint density at radius 2 is 2.32 bits per heavy atom. The van der Waals surface area contributed by atoms with E-state index in [1.54, 1.807) is 12.1 Å². The van der Waals surface area contributed by atoms with Gasteiger partial charge in [0, 0.05) is 6.04 Å². The van der Waals surface area contributed by atoms with Gasteiger partial charge in [-0.1, -0.05) is 12.5 Å². The van der Waals surface area contributed by atoms with Gasteiger partial charge in [0.15, 0.2) is 0 Å². The largest absolute Gasteiger partial charge is 0.507 e. The summed E-state index contributed by atoms with van der Waals surface area (Å²) in [6.07, 6.45) is 3.25. The molecule has 2 rings (SSSR count). The second-order valence-corrected chi connectivity index (χ2v) is 5.93. The van der Waals surface area contributed by atoms with Crippen LogP contribution in [0.4, 0.5) is 0 Å². The maximum absolute atomic E-state index is 12.1. The highest BCUT2D eigenvalue weighted by atomic mass is 123. The van der Waals surface area contributed by atoms with Crippen molar-refractivity contribution in [1.29, 1.82) is 0 Å². The molecule has 2 N–H and O–H groups in total. The van der Waals surface area contributed by atoms with Crippen molar-refractivity contribution in [2.75, 3.05) is 13.7 Å². The fourth-order valence-corrected chi connectivity index (χ4v) is 3.08. The number of halogens is 1. The fraction of sp³-hybridized carbons (Fsp3) is 0.500. The molecule has 104 valence electrons. The van der Waals surface area contributed by atoms with Gasteiger partial charge in [-0.2, -0.15) is 0 Å². The lowest BCUT2D eigenvalue weighted by Crippen LogP contribution is -2.42. The summed E-state index contributed by atoms with van der Waals surface area (Å²) in [6.45, 7) is 0.938. The van der Waals surface area contributed by atoms with Crippen LogP contribution >= 0.6 is 22.6 Å². The number of benzene rings is 1. The molecule has 0 aliphatic carbocycles. The summed E-state index contributed by atoms with van der Waals surface area (Å²) in [5.41, 5.74) is 0.897. The number of carbonyl (C=O) groups is 1. The Morgan fingerprint density at radius 1 is 1.53 bits per heavy atom. The molecular weight excluding hydrogens is 353 g/mol. The number of aromatic hydroxyl groups is 1. The smallest absolute Gasteiger partial charge is 0.314 e. The number of hydrogen-bond donors (Lipinski definition) is 2. The van der Waals surface area contributed by atoms with Gasteiger partial charge < -0.3 is 15.2 Å². The number of carbonyl (C=O) groups excluding carboxylic acids is 1. The third-order valence-corrected chi connectivity index (χ3v) is 4.40. The maximum atomic E-state index is 12.1. The Hall–Kier alpha value is -0.820. The van der Waals surface area contributed by atoms with Crippen molar-refractivity contribution < 1.29 is 14.6 Å². The lowest BCUT2D eigenvalue weighted by atomic mass is 9.86. The molecule has 4 nitrogen and oxygen atoms in total. The summed E-state index contributed by atoms with van der Waals surface area (Å²) >= 11 is 2.07. The second-order valence-electron chi connectivity index (χ2n) is 4.77. The van der Waals surface area contributed by atoms with E-state index in [9.17, 15) is 9.90 Å². The van der Waals surface area contributed by atoms with Gasteiger partial charge in [0.2, 0.25) is 0 Å². The normalized spacial score (nSPS) is 20.8. The van der Waals surface area contributed by atoms with E-state index in [-0.39, 0.29) is 23.7 Å². The van der Waals surface area contributed by atoms with Gasteiger partial charge in [0.05, 0.1) is 16.6 Å². The molecule has 5 heteroatoms. The number of nitrogens with one attached hydrogen (secondary N) is 1.